The summed E-state index contributed by atoms with van der Waals surface area (Å²) in [6.45, 7) is 0. The molecule has 0 aliphatic carbocycles. The maximum absolute atomic E-state index is 13.4. The maximum atomic E-state index is 13.4. The Bertz CT molecular complexity index is 1690. The fourth-order valence-electron chi connectivity index (χ4n) is 4.66. The van der Waals surface area contributed by atoms with Crippen LogP contribution in [-0.2, 0) is 11.2 Å². The Kier molecular flexibility index (Phi) is 5.92. The molecule has 190 valence electrons. The number of nitrogens with zero attached hydrogens (tertiary/aromatic N) is 8. The molecular formula is C25H20ClN9O3. The fraction of sp³-hybridized carbons (Fsp3) is 0.160. The number of pyridine rings is 1. The normalized spacial score (nSPS) is 14.3. The summed E-state index contributed by atoms with van der Waals surface area (Å²) in [5, 5.41) is 23.2. The van der Waals surface area contributed by atoms with Crippen molar-refractivity contribution in [1.82, 2.24) is 39.8 Å². The molecule has 1 aliphatic heterocycles. The monoisotopic (exact) mass is 529 g/mol. The van der Waals surface area contributed by atoms with Crippen LogP contribution in [0.3, 0.4) is 0 Å². The van der Waals surface area contributed by atoms with E-state index in [0.29, 0.717) is 28.5 Å². The number of fused-ring (bicyclic) bond motifs is 1. The summed E-state index contributed by atoms with van der Waals surface area (Å²) < 4.78 is 9.55. The highest BCUT2D eigenvalue weighted by atomic mass is 35.5. The van der Waals surface area contributed by atoms with Crippen LogP contribution in [0.4, 0.5) is 10.5 Å². The van der Waals surface area contributed by atoms with E-state index in [1.807, 2.05) is 18.3 Å². The van der Waals surface area contributed by atoms with Gasteiger partial charge in [-0.25, -0.2) is 9.48 Å². The molecule has 12 nitrogen and oxygen atoms in total. The van der Waals surface area contributed by atoms with Gasteiger partial charge in [-0.1, -0.05) is 16.8 Å². The lowest BCUT2D eigenvalue weighted by molar-refractivity contribution is 0.187. The highest BCUT2D eigenvalue weighted by Gasteiger charge is 2.28. The number of nitrogens with one attached hydrogen (secondary N) is 1. The van der Waals surface area contributed by atoms with Crippen molar-refractivity contribution >= 4 is 23.4 Å². The molecule has 0 saturated carbocycles. The summed E-state index contributed by atoms with van der Waals surface area (Å²) in [5.74, 6) is 0. The molecule has 2 aromatic carbocycles. The first-order valence-corrected chi connectivity index (χ1v) is 12.0. The van der Waals surface area contributed by atoms with Crippen LogP contribution in [0.2, 0.25) is 5.02 Å². The van der Waals surface area contributed by atoms with Gasteiger partial charge in [-0.3, -0.25) is 10.1 Å². The van der Waals surface area contributed by atoms with Crippen molar-refractivity contribution < 1.29 is 9.53 Å². The minimum absolute atomic E-state index is 0.143. The molecule has 4 heterocycles. The summed E-state index contributed by atoms with van der Waals surface area (Å²) in [4.78, 5) is 24.8. The molecular weight excluding hydrogens is 510 g/mol. The van der Waals surface area contributed by atoms with E-state index in [1.165, 1.54) is 18.1 Å². The minimum Gasteiger partial charge on any atom is -0.453 e. The van der Waals surface area contributed by atoms with Gasteiger partial charge in [-0.2, -0.15) is 4.68 Å². The standard InChI is InChI=1S/C25H20ClN9O3/c1-38-25(37)28-17-3-5-18(6-4-17)33-13-21(29-31-33)23-9-7-19-10-15(11-24(36)35(19)23)20-12-16(26)2-8-22(20)34-14-27-30-32-34/h2-6,8,10-14,23H,7,9H2,1H3,(H,28,37). The molecule has 0 bridgehead atoms. The van der Waals surface area contributed by atoms with Gasteiger partial charge in [0.15, 0.2) is 0 Å². The van der Waals surface area contributed by atoms with Gasteiger partial charge in [0.25, 0.3) is 5.56 Å². The van der Waals surface area contributed by atoms with Gasteiger partial charge >= 0.3 is 6.09 Å². The lowest BCUT2D eigenvalue weighted by Crippen LogP contribution is -2.23. The van der Waals surface area contributed by atoms with Crippen molar-refractivity contribution in [3.8, 4) is 22.5 Å². The van der Waals surface area contributed by atoms with Crippen molar-refractivity contribution in [2.45, 2.75) is 18.9 Å². The van der Waals surface area contributed by atoms with E-state index in [1.54, 1.807) is 51.7 Å². The zero-order valence-corrected chi connectivity index (χ0v) is 20.8. The zero-order valence-electron chi connectivity index (χ0n) is 20.0. The van der Waals surface area contributed by atoms with Crippen LogP contribution in [0.25, 0.3) is 22.5 Å². The summed E-state index contributed by atoms with van der Waals surface area (Å²) in [5.41, 5.74) is 5.00. The molecule has 5 aromatic rings. The summed E-state index contributed by atoms with van der Waals surface area (Å²) in [7, 11) is 1.30. The van der Waals surface area contributed by atoms with E-state index in [-0.39, 0.29) is 11.6 Å². The number of hydrogen-bond acceptors (Lipinski definition) is 8. The van der Waals surface area contributed by atoms with E-state index in [0.717, 1.165) is 28.9 Å². The van der Waals surface area contributed by atoms with E-state index in [4.69, 9.17) is 11.6 Å². The highest BCUT2D eigenvalue weighted by molar-refractivity contribution is 6.31. The second-order valence-corrected chi connectivity index (χ2v) is 9.10. The van der Waals surface area contributed by atoms with E-state index >= 15 is 0 Å². The van der Waals surface area contributed by atoms with Crippen LogP contribution in [0.5, 0.6) is 0 Å². The first-order chi connectivity index (χ1) is 18.5. The molecule has 1 N–H and O–H groups in total. The zero-order chi connectivity index (χ0) is 26.2. The smallest absolute Gasteiger partial charge is 0.411 e. The largest absolute Gasteiger partial charge is 0.453 e. The second kappa shape index (κ2) is 9.56. The average Bonchev–Trinajstić information content (AvgIpc) is 3.70. The molecule has 38 heavy (non-hydrogen) atoms. The predicted octanol–water partition coefficient (Wildman–Crippen LogP) is 3.44. The average molecular weight is 530 g/mol. The van der Waals surface area contributed by atoms with Crippen LogP contribution in [-0.4, -0.2) is 53.0 Å². The molecule has 0 saturated heterocycles. The van der Waals surface area contributed by atoms with Crippen molar-refractivity contribution in [2.75, 3.05) is 12.4 Å². The number of aryl methyl sites for hydroxylation is 1. The second-order valence-electron chi connectivity index (χ2n) is 8.67. The van der Waals surface area contributed by atoms with Crippen molar-refractivity contribution in [1.29, 1.82) is 0 Å². The molecule has 6 rings (SSSR count). The number of methoxy groups -OCH3 is 1. The Balaban J connectivity index is 1.30. The van der Waals surface area contributed by atoms with Crippen LogP contribution in [0.1, 0.15) is 23.9 Å². The summed E-state index contributed by atoms with van der Waals surface area (Å²) >= 11 is 6.29. The molecule has 0 radical (unpaired) electrons. The number of halogens is 1. The Morgan fingerprint density at radius 2 is 1.92 bits per heavy atom. The number of anilines is 1. The van der Waals surface area contributed by atoms with E-state index in [2.05, 4.69) is 35.9 Å². The predicted molar refractivity (Wildman–Crippen MR) is 138 cm³/mol. The number of carbonyl (C=O) groups is 1. The van der Waals surface area contributed by atoms with Gasteiger partial charge in [0.1, 0.15) is 12.0 Å². The topological polar surface area (TPSA) is 135 Å². The number of hydrogen-bond donors (Lipinski definition) is 1. The van der Waals surface area contributed by atoms with Gasteiger partial charge in [0.05, 0.1) is 30.7 Å². The number of tetrazole rings is 1. The Hall–Kier alpha value is -4.84. The number of benzene rings is 2. The van der Waals surface area contributed by atoms with Crippen molar-refractivity contribution in [3.05, 3.63) is 93.9 Å². The molecule has 0 fully saturated rings. The maximum Gasteiger partial charge on any atom is 0.411 e. The Morgan fingerprint density at radius 1 is 1.08 bits per heavy atom. The lowest BCUT2D eigenvalue weighted by atomic mass is 10.0. The van der Waals surface area contributed by atoms with Crippen LogP contribution < -0.4 is 10.9 Å². The summed E-state index contributed by atoms with van der Waals surface area (Å²) in [6.07, 6.45) is 4.19. The number of aromatic nitrogens is 8. The Morgan fingerprint density at radius 3 is 2.68 bits per heavy atom. The number of carbonyl (C=O) groups excluding carboxylic acids is 1. The molecule has 1 unspecified atom stereocenters. The lowest BCUT2D eigenvalue weighted by Gasteiger charge is -2.14. The van der Waals surface area contributed by atoms with Gasteiger partial charge in [-0.15, -0.1) is 10.2 Å². The SMILES string of the molecule is COC(=O)Nc1ccc(-n2cc(C3CCc4cc(-c5cc(Cl)ccc5-n5cnnn5)cc(=O)n43)nn2)cc1. The van der Waals surface area contributed by atoms with Crippen molar-refractivity contribution in [3.63, 3.8) is 0 Å². The third kappa shape index (κ3) is 4.30. The number of rotatable bonds is 5. The van der Waals surface area contributed by atoms with Crippen LogP contribution in [0, 0.1) is 0 Å². The molecule has 13 heteroatoms. The van der Waals surface area contributed by atoms with Gasteiger partial charge in [0, 0.05) is 28.0 Å². The van der Waals surface area contributed by atoms with Crippen LogP contribution >= 0.6 is 11.6 Å². The quantitative estimate of drug-likeness (QED) is 0.366. The first-order valence-electron chi connectivity index (χ1n) is 11.7. The van der Waals surface area contributed by atoms with Gasteiger partial charge in [0.2, 0.25) is 0 Å². The highest BCUT2D eigenvalue weighted by Crippen LogP contribution is 2.34. The number of amides is 1. The van der Waals surface area contributed by atoms with Gasteiger partial charge < -0.3 is 9.30 Å². The molecule has 1 aliphatic rings. The molecule has 1 amide bonds. The molecule has 1 atom stereocenters. The Labute approximate surface area is 220 Å². The fourth-order valence-corrected chi connectivity index (χ4v) is 4.84. The minimum atomic E-state index is -0.545. The van der Waals surface area contributed by atoms with Gasteiger partial charge in [-0.05, 0) is 77.4 Å². The van der Waals surface area contributed by atoms with E-state index < -0.39 is 6.09 Å². The molecule has 3 aromatic heterocycles. The first kappa shape index (κ1) is 23.6. The van der Waals surface area contributed by atoms with E-state index in [9.17, 15) is 9.59 Å². The summed E-state index contributed by atoms with van der Waals surface area (Å²) in [6, 6.07) is 15.8. The van der Waals surface area contributed by atoms with Crippen LogP contribution in [0.15, 0.2) is 71.9 Å². The van der Waals surface area contributed by atoms with Crippen molar-refractivity contribution in [2.24, 2.45) is 0 Å². The third-order valence-corrected chi connectivity index (χ3v) is 6.65. The third-order valence-electron chi connectivity index (χ3n) is 6.42. The molecule has 0 spiro atoms. The number of ether oxygens (including phenoxy) is 1.